The van der Waals surface area contributed by atoms with E-state index >= 15 is 0 Å². The fraction of sp³-hybridized carbons (Fsp3) is 0.346. The SMILES string of the molecule is Cc1ccc(COc2cccc(C)c2-c2cc(C=N[S@+]([O-])C(C)(C)C)c(C)s2)cc1C. The van der Waals surface area contributed by atoms with Gasteiger partial charge in [0.25, 0.3) is 0 Å². The van der Waals surface area contributed by atoms with Gasteiger partial charge in [0.1, 0.15) is 28.5 Å². The number of aryl methyl sites for hydroxylation is 4. The zero-order chi connectivity index (χ0) is 22.8. The highest BCUT2D eigenvalue weighted by atomic mass is 32.2. The summed E-state index contributed by atoms with van der Waals surface area (Å²) in [5.41, 5.74) is 7.00. The van der Waals surface area contributed by atoms with Gasteiger partial charge in [-0.25, -0.2) is 0 Å². The minimum absolute atomic E-state index is 0.366. The molecule has 0 fully saturated rings. The van der Waals surface area contributed by atoms with Crippen molar-refractivity contribution in [3.8, 4) is 16.2 Å². The van der Waals surface area contributed by atoms with Gasteiger partial charge >= 0.3 is 0 Å². The Kier molecular flexibility index (Phi) is 7.30. The normalized spacial score (nSPS) is 13.0. The molecular weight excluding hydrogens is 422 g/mol. The lowest BCUT2D eigenvalue weighted by Crippen LogP contribution is -2.25. The van der Waals surface area contributed by atoms with E-state index in [0.717, 1.165) is 32.2 Å². The molecule has 164 valence electrons. The molecule has 0 aliphatic carbocycles. The van der Waals surface area contributed by atoms with Gasteiger partial charge in [0.05, 0.1) is 6.21 Å². The average molecular weight is 454 g/mol. The molecule has 0 spiro atoms. The van der Waals surface area contributed by atoms with Gasteiger partial charge in [-0.3, -0.25) is 0 Å². The molecule has 0 aliphatic heterocycles. The molecule has 3 rings (SSSR count). The molecule has 31 heavy (non-hydrogen) atoms. The van der Waals surface area contributed by atoms with E-state index in [-0.39, 0.29) is 4.75 Å². The van der Waals surface area contributed by atoms with E-state index in [4.69, 9.17) is 4.74 Å². The van der Waals surface area contributed by atoms with Gasteiger partial charge in [-0.1, -0.05) is 34.7 Å². The predicted octanol–water partition coefficient (Wildman–Crippen LogP) is 7.11. The molecule has 1 aromatic heterocycles. The monoisotopic (exact) mass is 453 g/mol. The van der Waals surface area contributed by atoms with Crippen LogP contribution in [0.4, 0.5) is 0 Å². The van der Waals surface area contributed by atoms with Crippen LogP contribution in [0.15, 0.2) is 46.9 Å². The van der Waals surface area contributed by atoms with Crippen LogP contribution in [0, 0.1) is 27.7 Å². The number of hydrogen-bond acceptors (Lipinski definition) is 4. The summed E-state index contributed by atoms with van der Waals surface area (Å²) in [5, 5.41) is 0. The molecule has 5 heteroatoms. The summed E-state index contributed by atoms with van der Waals surface area (Å²) in [4.78, 5) is 2.28. The van der Waals surface area contributed by atoms with Gasteiger partial charge in [0, 0.05) is 20.9 Å². The van der Waals surface area contributed by atoms with Crippen molar-refractivity contribution in [1.29, 1.82) is 0 Å². The number of hydrogen-bond donors (Lipinski definition) is 0. The summed E-state index contributed by atoms with van der Waals surface area (Å²) in [6, 6.07) is 14.7. The molecular formula is C26H31NO2S2. The maximum Gasteiger partial charge on any atom is 0.144 e. The highest BCUT2D eigenvalue weighted by molar-refractivity contribution is 7.91. The Morgan fingerprint density at radius 3 is 2.42 bits per heavy atom. The second kappa shape index (κ2) is 9.60. The Morgan fingerprint density at radius 1 is 1.00 bits per heavy atom. The first kappa shape index (κ1) is 23.6. The molecule has 0 amide bonds. The van der Waals surface area contributed by atoms with Gasteiger partial charge in [-0.05, 0) is 82.9 Å². The fourth-order valence-electron chi connectivity index (χ4n) is 3.14. The largest absolute Gasteiger partial charge is 0.591 e. The zero-order valence-corrected chi connectivity index (χ0v) is 21.0. The summed E-state index contributed by atoms with van der Waals surface area (Å²) in [6.07, 6.45) is 1.74. The molecule has 0 saturated carbocycles. The van der Waals surface area contributed by atoms with Crippen LogP contribution in [-0.2, 0) is 18.0 Å². The van der Waals surface area contributed by atoms with Crippen LogP contribution in [-0.4, -0.2) is 15.5 Å². The van der Waals surface area contributed by atoms with Crippen LogP contribution in [0.3, 0.4) is 0 Å². The van der Waals surface area contributed by atoms with E-state index in [1.165, 1.54) is 16.7 Å². The standard InChI is InChI=1S/C26H31NO2S2/c1-17-11-12-21(13-19(17)3)16-29-23-10-8-9-18(2)25(23)24-14-22(20(4)30-24)15-27-31(28)26(5,6)7/h8-15H,16H2,1-7H3/t31-/m1/s1. The first-order valence-corrected chi connectivity index (χ1v) is 12.3. The minimum Gasteiger partial charge on any atom is -0.591 e. The van der Waals surface area contributed by atoms with Crippen molar-refractivity contribution in [2.24, 2.45) is 4.40 Å². The summed E-state index contributed by atoms with van der Waals surface area (Å²) in [7, 11) is 0. The smallest absolute Gasteiger partial charge is 0.144 e. The molecule has 0 aliphatic rings. The van der Waals surface area contributed by atoms with E-state index in [1.54, 1.807) is 17.6 Å². The number of benzene rings is 2. The lowest BCUT2D eigenvalue weighted by molar-refractivity contribution is 0.307. The lowest BCUT2D eigenvalue weighted by Gasteiger charge is -2.17. The molecule has 3 nitrogen and oxygen atoms in total. The molecule has 0 bridgehead atoms. The Morgan fingerprint density at radius 2 is 1.74 bits per heavy atom. The molecule has 1 atom stereocenters. The summed E-state index contributed by atoms with van der Waals surface area (Å²) in [6.45, 7) is 14.7. The van der Waals surface area contributed by atoms with E-state index in [9.17, 15) is 4.55 Å². The van der Waals surface area contributed by atoms with E-state index in [2.05, 4.69) is 62.4 Å². The van der Waals surface area contributed by atoms with Crippen molar-refractivity contribution in [3.05, 3.63) is 75.2 Å². The van der Waals surface area contributed by atoms with Crippen LogP contribution in [0.1, 0.15) is 53.5 Å². The zero-order valence-electron chi connectivity index (χ0n) is 19.4. The van der Waals surface area contributed by atoms with Gasteiger partial charge in [-0.15, -0.1) is 11.3 Å². The van der Waals surface area contributed by atoms with Gasteiger partial charge in [0.2, 0.25) is 0 Å². The van der Waals surface area contributed by atoms with Crippen LogP contribution in [0.5, 0.6) is 5.75 Å². The number of nitrogens with zero attached hydrogens (tertiary/aromatic N) is 1. The third-order valence-electron chi connectivity index (χ3n) is 5.21. The molecule has 0 unspecified atom stereocenters. The van der Waals surface area contributed by atoms with E-state index < -0.39 is 11.4 Å². The molecule has 0 N–H and O–H groups in total. The molecule has 0 saturated heterocycles. The van der Waals surface area contributed by atoms with E-state index in [1.807, 2.05) is 32.9 Å². The summed E-state index contributed by atoms with van der Waals surface area (Å²) < 4.78 is 22.5. The van der Waals surface area contributed by atoms with Gasteiger partial charge in [0.15, 0.2) is 0 Å². The Hall–Kier alpha value is -2.08. The minimum atomic E-state index is -1.27. The molecule has 2 aromatic carbocycles. The quantitative estimate of drug-likeness (QED) is 0.295. The maximum atomic E-state index is 12.3. The van der Waals surface area contributed by atoms with Crippen molar-refractivity contribution in [1.82, 2.24) is 0 Å². The first-order chi connectivity index (χ1) is 14.6. The topological polar surface area (TPSA) is 44.6 Å². The molecule has 0 radical (unpaired) electrons. The fourth-order valence-corrected chi connectivity index (χ4v) is 4.78. The molecule has 3 aromatic rings. The van der Waals surface area contributed by atoms with Gasteiger partial charge < -0.3 is 9.29 Å². The Bertz CT molecular complexity index is 1090. The van der Waals surface area contributed by atoms with Gasteiger partial charge in [-0.2, -0.15) is 0 Å². The maximum absolute atomic E-state index is 12.3. The van der Waals surface area contributed by atoms with Crippen molar-refractivity contribution < 1.29 is 9.29 Å². The predicted molar refractivity (Wildman–Crippen MR) is 135 cm³/mol. The number of rotatable bonds is 6. The van der Waals surface area contributed by atoms with Crippen LogP contribution < -0.4 is 4.74 Å². The van der Waals surface area contributed by atoms with Crippen LogP contribution in [0.2, 0.25) is 0 Å². The lowest BCUT2D eigenvalue weighted by atomic mass is 10.0. The van der Waals surface area contributed by atoms with Crippen LogP contribution >= 0.6 is 11.3 Å². The highest BCUT2D eigenvalue weighted by Gasteiger charge is 2.26. The Labute approximate surface area is 193 Å². The van der Waals surface area contributed by atoms with Crippen LogP contribution in [0.25, 0.3) is 10.4 Å². The summed E-state index contributed by atoms with van der Waals surface area (Å²) in [5.74, 6) is 0.876. The molecule has 1 heterocycles. The third-order valence-corrected chi connectivity index (χ3v) is 7.64. The Balaban J connectivity index is 1.88. The highest BCUT2D eigenvalue weighted by Crippen LogP contribution is 2.39. The van der Waals surface area contributed by atoms with Crippen molar-refractivity contribution in [2.75, 3.05) is 0 Å². The number of thiophene rings is 1. The average Bonchev–Trinajstić information content (AvgIpc) is 3.06. The third kappa shape index (κ3) is 5.79. The van der Waals surface area contributed by atoms with Crippen molar-refractivity contribution >= 4 is 28.9 Å². The first-order valence-electron chi connectivity index (χ1n) is 10.4. The second-order valence-corrected chi connectivity index (χ2v) is 12.1. The number of ether oxygens (including phenoxy) is 1. The second-order valence-electron chi connectivity index (χ2n) is 8.87. The summed E-state index contributed by atoms with van der Waals surface area (Å²) >= 11 is 0.442. The van der Waals surface area contributed by atoms with Crippen molar-refractivity contribution in [3.63, 3.8) is 0 Å². The van der Waals surface area contributed by atoms with E-state index in [0.29, 0.717) is 6.61 Å². The van der Waals surface area contributed by atoms with Crippen molar-refractivity contribution in [2.45, 2.75) is 59.8 Å².